The van der Waals surface area contributed by atoms with Crippen molar-refractivity contribution in [3.8, 4) is 0 Å². The van der Waals surface area contributed by atoms with Gasteiger partial charge < -0.3 is 19.2 Å². The van der Waals surface area contributed by atoms with Crippen molar-refractivity contribution >= 4 is 11.9 Å². The van der Waals surface area contributed by atoms with Crippen LogP contribution in [0.2, 0.25) is 0 Å². The summed E-state index contributed by atoms with van der Waals surface area (Å²) >= 11 is 0. The summed E-state index contributed by atoms with van der Waals surface area (Å²) in [5, 5.41) is 9.66. The van der Waals surface area contributed by atoms with Crippen LogP contribution in [0.4, 0.5) is 0 Å². The molecule has 2 saturated heterocycles. The van der Waals surface area contributed by atoms with Crippen LogP contribution in [0.5, 0.6) is 0 Å². The van der Waals surface area contributed by atoms with E-state index in [2.05, 4.69) is 0 Å². The quantitative estimate of drug-likeness (QED) is 0.923. The molecule has 0 spiro atoms. The minimum absolute atomic E-state index is 0.153. The molecule has 3 heterocycles. The van der Waals surface area contributed by atoms with Crippen molar-refractivity contribution in [1.82, 2.24) is 4.90 Å². The van der Waals surface area contributed by atoms with Crippen molar-refractivity contribution in [2.75, 3.05) is 26.3 Å². The van der Waals surface area contributed by atoms with Crippen LogP contribution in [-0.2, 0) is 9.53 Å². The average Bonchev–Trinajstić information content (AvgIpc) is 3.11. The van der Waals surface area contributed by atoms with Crippen LogP contribution < -0.4 is 0 Å². The number of aliphatic carboxylic acids is 1. The van der Waals surface area contributed by atoms with Gasteiger partial charge in [-0.05, 0) is 18.4 Å². The van der Waals surface area contributed by atoms with Gasteiger partial charge in [-0.2, -0.15) is 0 Å². The summed E-state index contributed by atoms with van der Waals surface area (Å²) in [6.07, 6.45) is 1.97. The molecule has 0 saturated carbocycles. The molecule has 0 aliphatic carbocycles. The molecule has 0 radical (unpaired) electrons. The van der Waals surface area contributed by atoms with Gasteiger partial charge >= 0.3 is 5.97 Å². The Kier molecular flexibility index (Phi) is 3.72. The molecular formula is C16H21NO5. The summed E-state index contributed by atoms with van der Waals surface area (Å²) in [5.41, 5.74) is -0.0149. The fourth-order valence-corrected chi connectivity index (χ4v) is 3.55. The Morgan fingerprint density at radius 1 is 1.45 bits per heavy atom. The predicted molar refractivity (Wildman–Crippen MR) is 77.7 cm³/mol. The third-order valence-corrected chi connectivity index (χ3v) is 4.93. The van der Waals surface area contributed by atoms with Crippen molar-refractivity contribution < 1.29 is 23.8 Å². The van der Waals surface area contributed by atoms with Crippen LogP contribution in [-0.4, -0.2) is 48.2 Å². The molecular weight excluding hydrogens is 286 g/mol. The van der Waals surface area contributed by atoms with Gasteiger partial charge in [0.05, 0.1) is 18.3 Å². The zero-order valence-electron chi connectivity index (χ0n) is 12.9. The molecule has 0 aromatic carbocycles. The molecule has 120 valence electrons. The molecule has 2 aliphatic rings. The minimum atomic E-state index is -0.876. The molecule has 2 aliphatic heterocycles. The number of likely N-dealkylation sites (tertiary alicyclic amines) is 1. The first kappa shape index (κ1) is 15.1. The maximum Gasteiger partial charge on any atom is 0.311 e. The fourth-order valence-electron chi connectivity index (χ4n) is 3.55. The minimum Gasteiger partial charge on any atom is -0.481 e. The van der Waals surface area contributed by atoms with Gasteiger partial charge in [0.1, 0.15) is 0 Å². The maximum atomic E-state index is 12.7. The predicted octanol–water partition coefficient (Wildman–Crippen LogP) is 1.97. The summed E-state index contributed by atoms with van der Waals surface area (Å²) in [5.74, 6) is -0.696. The summed E-state index contributed by atoms with van der Waals surface area (Å²) in [6, 6.07) is 1.80. The molecule has 0 bridgehead atoms. The molecule has 6 heteroatoms. The summed E-state index contributed by atoms with van der Waals surface area (Å²) in [6.45, 7) is 5.46. The van der Waals surface area contributed by atoms with Crippen LogP contribution >= 0.6 is 0 Å². The lowest BCUT2D eigenvalue weighted by molar-refractivity contribution is -0.157. The van der Waals surface area contributed by atoms with Crippen molar-refractivity contribution in [3.05, 3.63) is 23.7 Å². The Bertz CT molecular complexity index is 593. The Morgan fingerprint density at radius 3 is 2.86 bits per heavy atom. The van der Waals surface area contributed by atoms with Crippen LogP contribution in [0.25, 0.3) is 0 Å². The first-order valence-electron chi connectivity index (χ1n) is 7.63. The Morgan fingerprint density at radius 2 is 2.23 bits per heavy atom. The van der Waals surface area contributed by atoms with E-state index in [0.717, 1.165) is 5.56 Å². The normalized spacial score (nSPS) is 28.0. The summed E-state index contributed by atoms with van der Waals surface area (Å²) in [4.78, 5) is 26.1. The van der Waals surface area contributed by atoms with Crippen molar-refractivity contribution in [2.45, 2.75) is 26.2 Å². The number of ether oxygens (including phenoxy) is 1. The first-order chi connectivity index (χ1) is 10.5. The molecule has 1 amide bonds. The zero-order chi connectivity index (χ0) is 15.9. The molecule has 1 aromatic rings. The highest BCUT2D eigenvalue weighted by molar-refractivity contribution is 5.94. The SMILES string of the molecule is CC(C)c1ccoc1C(=O)N1C[C@H]2COCC[C@@]2(C(=O)O)C1. The lowest BCUT2D eigenvalue weighted by Crippen LogP contribution is -2.45. The number of nitrogens with zero attached hydrogens (tertiary/aromatic N) is 1. The number of carbonyl (C=O) groups excluding carboxylic acids is 1. The number of amides is 1. The van der Waals surface area contributed by atoms with Gasteiger partial charge in [0.15, 0.2) is 5.76 Å². The van der Waals surface area contributed by atoms with E-state index in [1.165, 1.54) is 6.26 Å². The van der Waals surface area contributed by atoms with E-state index in [-0.39, 0.29) is 24.3 Å². The molecule has 2 fully saturated rings. The Hall–Kier alpha value is -1.82. The van der Waals surface area contributed by atoms with E-state index in [0.29, 0.717) is 31.9 Å². The van der Waals surface area contributed by atoms with Gasteiger partial charge in [-0.25, -0.2) is 0 Å². The van der Waals surface area contributed by atoms with Gasteiger partial charge in [0.25, 0.3) is 5.91 Å². The van der Waals surface area contributed by atoms with Gasteiger partial charge in [0, 0.05) is 31.2 Å². The van der Waals surface area contributed by atoms with Crippen LogP contribution in [0.1, 0.15) is 42.3 Å². The fraction of sp³-hybridized carbons (Fsp3) is 0.625. The number of carboxylic acid groups (broad SMARTS) is 1. The van der Waals surface area contributed by atoms with Gasteiger partial charge in [0.2, 0.25) is 0 Å². The maximum absolute atomic E-state index is 12.7. The molecule has 2 atom stereocenters. The van der Waals surface area contributed by atoms with Gasteiger partial charge in [-0.15, -0.1) is 0 Å². The number of carboxylic acids is 1. The average molecular weight is 307 g/mol. The second-order valence-electron chi connectivity index (χ2n) is 6.53. The zero-order valence-corrected chi connectivity index (χ0v) is 12.9. The van der Waals surface area contributed by atoms with Crippen LogP contribution in [0, 0.1) is 11.3 Å². The molecule has 22 heavy (non-hydrogen) atoms. The molecule has 1 aromatic heterocycles. The summed E-state index contributed by atoms with van der Waals surface area (Å²) < 4.78 is 10.8. The number of carbonyl (C=O) groups is 2. The lowest BCUT2D eigenvalue weighted by Gasteiger charge is -2.33. The second kappa shape index (κ2) is 5.43. The van der Waals surface area contributed by atoms with E-state index >= 15 is 0 Å². The van der Waals surface area contributed by atoms with E-state index in [1.807, 2.05) is 13.8 Å². The molecule has 1 N–H and O–H groups in total. The monoisotopic (exact) mass is 307 g/mol. The highest BCUT2D eigenvalue weighted by Gasteiger charge is 2.55. The molecule has 3 rings (SSSR count). The second-order valence-corrected chi connectivity index (χ2v) is 6.53. The van der Waals surface area contributed by atoms with Crippen LogP contribution in [0.15, 0.2) is 16.7 Å². The third-order valence-electron chi connectivity index (χ3n) is 4.93. The van der Waals surface area contributed by atoms with Crippen LogP contribution in [0.3, 0.4) is 0 Å². The number of rotatable bonds is 3. The molecule has 6 nitrogen and oxygen atoms in total. The van der Waals surface area contributed by atoms with E-state index in [1.54, 1.807) is 11.0 Å². The smallest absolute Gasteiger partial charge is 0.311 e. The number of hydrogen-bond acceptors (Lipinski definition) is 4. The standard InChI is InChI=1S/C16H21NO5/c1-10(2)12-3-5-22-13(12)14(18)17-7-11-8-21-6-4-16(11,9-17)15(19)20/h3,5,10-11H,4,6-9H2,1-2H3,(H,19,20)/t11-,16+/m0/s1. The highest BCUT2D eigenvalue weighted by Crippen LogP contribution is 2.43. The van der Waals surface area contributed by atoms with Crippen molar-refractivity contribution in [1.29, 1.82) is 0 Å². The topological polar surface area (TPSA) is 80.0 Å². The summed E-state index contributed by atoms with van der Waals surface area (Å²) in [7, 11) is 0. The number of fused-ring (bicyclic) bond motifs is 1. The Labute approximate surface area is 129 Å². The first-order valence-corrected chi connectivity index (χ1v) is 7.63. The number of hydrogen-bond donors (Lipinski definition) is 1. The van der Waals surface area contributed by atoms with Crippen molar-refractivity contribution in [3.63, 3.8) is 0 Å². The van der Waals surface area contributed by atoms with E-state index in [9.17, 15) is 14.7 Å². The largest absolute Gasteiger partial charge is 0.481 e. The van der Waals surface area contributed by atoms with E-state index in [4.69, 9.17) is 9.15 Å². The Balaban J connectivity index is 1.86. The van der Waals surface area contributed by atoms with Crippen molar-refractivity contribution in [2.24, 2.45) is 11.3 Å². The third kappa shape index (κ3) is 2.22. The van der Waals surface area contributed by atoms with Gasteiger partial charge in [-0.1, -0.05) is 13.8 Å². The van der Waals surface area contributed by atoms with Gasteiger partial charge in [-0.3, -0.25) is 9.59 Å². The highest BCUT2D eigenvalue weighted by atomic mass is 16.5. The number of furan rings is 1. The lowest BCUT2D eigenvalue weighted by atomic mass is 9.74. The molecule has 0 unspecified atom stereocenters. The van der Waals surface area contributed by atoms with E-state index < -0.39 is 11.4 Å².